The molecule has 0 saturated heterocycles. The molecule has 1 atom stereocenters. The van der Waals surface area contributed by atoms with E-state index in [0.29, 0.717) is 5.92 Å². The van der Waals surface area contributed by atoms with Crippen molar-refractivity contribution < 1.29 is 0 Å². The fraction of sp³-hybridized carbons (Fsp3) is 0.222. The first-order chi connectivity index (χ1) is 9.28. The molecule has 2 aromatic heterocycles. The Labute approximate surface area is 114 Å². The van der Waals surface area contributed by atoms with E-state index in [1.807, 2.05) is 0 Å². The molecule has 96 valence electrons. The van der Waals surface area contributed by atoms with E-state index in [1.54, 1.807) is 0 Å². The van der Waals surface area contributed by atoms with Crippen molar-refractivity contribution in [1.82, 2.24) is 4.40 Å². The zero-order valence-corrected chi connectivity index (χ0v) is 11.5. The van der Waals surface area contributed by atoms with Gasteiger partial charge in [0.2, 0.25) is 0 Å². The molecular weight excluding hydrogens is 230 g/mol. The average molecular weight is 249 g/mol. The Balaban J connectivity index is 1.97. The molecule has 3 aromatic rings. The van der Waals surface area contributed by atoms with Crippen molar-refractivity contribution in [3.63, 3.8) is 0 Å². The predicted molar refractivity (Wildman–Crippen MR) is 81.5 cm³/mol. The lowest BCUT2D eigenvalue weighted by molar-refractivity contribution is 0.734. The highest BCUT2D eigenvalue weighted by atomic mass is 14.8. The van der Waals surface area contributed by atoms with E-state index in [-0.39, 0.29) is 0 Å². The minimum Gasteiger partial charge on any atom is -0.323 e. The van der Waals surface area contributed by atoms with Crippen LogP contribution in [0.25, 0.3) is 16.6 Å². The normalized spacial score (nSPS) is 12.7. The first-order valence-corrected chi connectivity index (χ1v) is 6.95. The number of benzene rings is 1. The number of nitrogens with zero attached hydrogens (tertiary/aromatic N) is 1. The van der Waals surface area contributed by atoms with Crippen molar-refractivity contribution in [2.45, 2.75) is 26.2 Å². The molecule has 0 aliphatic heterocycles. The molecule has 0 N–H and O–H groups in total. The van der Waals surface area contributed by atoms with Gasteiger partial charge in [0.05, 0.1) is 0 Å². The first kappa shape index (κ1) is 12.0. The molecule has 0 fully saturated rings. The molecular formula is C18H19N. The second kappa shape index (κ2) is 4.93. The van der Waals surface area contributed by atoms with E-state index in [1.165, 1.54) is 28.6 Å². The zero-order valence-electron chi connectivity index (χ0n) is 11.5. The van der Waals surface area contributed by atoms with Gasteiger partial charge in [0.15, 0.2) is 0 Å². The van der Waals surface area contributed by atoms with Crippen LogP contribution >= 0.6 is 0 Å². The van der Waals surface area contributed by atoms with Crippen LogP contribution in [0.3, 0.4) is 0 Å². The summed E-state index contributed by atoms with van der Waals surface area (Å²) in [6.45, 7) is 4.51. The summed E-state index contributed by atoms with van der Waals surface area (Å²) in [6.07, 6.45) is 5.47. The van der Waals surface area contributed by atoms with E-state index in [4.69, 9.17) is 0 Å². The zero-order chi connectivity index (χ0) is 13.2. The van der Waals surface area contributed by atoms with Gasteiger partial charge in [-0.15, -0.1) is 0 Å². The van der Waals surface area contributed by atoms with E-state index >= 15 is 0 Å². The Morgan fingerprint density at radius 2 is 1.79 bits per heavy atom. The van der Waals surface area contributed by atoms with Gasteiger partial charge in [-0.05, 0) is 41.7 Å². The van der Waals surface area contributed by atoms with Crippen LogP contribution in [0.15, 0.2) is 60.9 Å². The van der Waals surface area contributed by atoms with Gasteiger partial charge in [-0.1, -0.05) is 44.2 Å². The standard InChI is InChI=1S/C18H19N/c1-3-14(2)15-7-9-16(10-8-15)17-12-18-6-4-5-11-19(18)13-17/h4-14H,3H2,1-2H3. The van der Waals surface area contributed by atoms with Crippen molar-refractivity contribution in [3.05, 3.63) is 66.5 Å². The van der Waals surface area contributed by atoms with E-state index in [0.717, 1.165) is 0 Å². The predicted octanol–water partition coefficient (Wildman–Crippen LogP) is 5.12. The lowest BCUT2D eigenvalue weighted by Crippen LogP contribution is -1.90. The summed E-state index contributed by atoms with van der Waals surface area (Å²) < 4.78 is 2.16. The van der Waals surface area contributed by atoms with Gasteiger partial charge in [0, 0.05) is 23.5 Å². The lowest BCUT2D eigenvalue weighted by atomic mass is 9.96. The number of hydrogen-bond acceptors (Lipinski definition) is 0. The molecule has 2 heterocycles. The summed E-state index contributed by atoms with van der Waals surface area (Å²) in [7, 11) is 0. The van der Waals surface area contributed by atoms with Crippen LogP contribution in [0.2, 0.25) is 0 Å². The molecule has 0 radical (unpaired) electrons. The van der Waals surface area contributed by atoms with Crippen molar-refractivity contribution in [2.24, 2.45) is 0 Å². The average Bonchev–Trinajstić information content (AvgIpc) is 2.90. The summed E-state index contributed by atoms with van der Waals surface area (Å²) >= 11 is 0. The van der Waals surface area contributed by atoms with Gasteiger partial charge in [-0.2, -0.15) is 0 Å². The molecule has 0 aliphatic rings. The molecule has 0 spiro atoms. The summed E-state index contributed by atoms with van der Waals surface area (Å²) in [5.74, 6) is 0.641. The number of rotatable bonds is 3. The highest BCUT2D eigenvalue weighted by Crippen LogP contribution is 2.25. The molecule has 3 rings (SSSR count). The highest BCUT2D eigenvalue weighted by molar-refractivity contribution is 5.70. The molecule has 0 aliphatic carbocycles. The SMILES string of the molecule is CCC(C)c1ccc(-c2cc3ccccn3c2)cc1. The van der Waals surface area contributed by atoms with Crippen LogP contribution in [0.5, 0.6) is 0 Å². The fourth-order valence-electron chi connectivity index (χ4n) is 2.45. The van der Waals surface area contributed by atoms with Crippen molar-refractivity contribution in [1.29, 1.82) is 0 Å². The number of pyridine rings is 1. The lowest BCUT2D eigenvalue weighted by Gasteiger charge is -2.09. The number of fused-ring (bicyclic) bond motifs is 1. The quantitative estimate of drug-likeness (QED) is 0.607. The number of hydrogen-bond donors (Lipinski definition) is 0. The molecule has 0 amide bonds. The van der Waals surface area contributed by atoms with Crippen LogP contribution in [0.4, 0.5) is 0 Å². The van der Waals surface area contributed by atoms with Crippen LogP contribution in [-0.4, -0.2) is 4.40 Å². The molecule has 1 nitrogen and oxygen atoms in total. The maximum Gasteiger partial charge on any atom is 0.0456 e. The van der Waals surface area contributed by atoms with Gasteiger partial charge in [-0.25, -0.2) is 0 Å². The molecule has 0 saturated carbocycles. The van der Waals surface area contributed by atoms with Crippen LogP contribution in [-0.2, 0) is 0 Å². The molecule has 19 heavy (non-hydrogen) atoms. The van der Waals surface area contributed by atoms with E-state index in [9.17, 15) is 0 Å². The van der Waals surface area contributed by atoms with Crippen LogP contribution < -0.4 is 0 Å². The third-order valence-corrected chi connectivity index (χ3v) is 3.93. The highest BCUT2D eigenvalue weighted by Gasteiger charge is 2.05. The third kappa shape index (κ3) is 2.28. The van der Waals surface area contributed by atoms with Gasteiger partial charge in [0.1, 0.15) is 0 Å². The molecule has 1 unspecified atom stereocenters. The Morgan fingerprint density at radius 1 is 1.00 bits per heavy atom. The second-order valence-electron chi connectivity index (χ2n) is 5.19. The molecule has 1 heteroatoms. The third-order valence-electron chi connectivity index (χ3n) is 3.93. The molecule has 0 bridgehead atoms. The number of aromatic nitrogens is 1. The smallest absolute Gasteiger partial charge is 0.0456 e. The summed E-state index contributed by atoms with van der Waals surface area (Å²) in [5.41, 5.74) is 5.23. The second-order valence-corrected chi connectivity index (χ2v) is 5.19. The summed E-state index contributed by atoms with van der Waals surface area (Å²) in [5, 5.41) is 0. The summed E-state index contributed by atoms with van der Waals surface area (Å²) in [6, 6.07) is 17.5. The van der Waals surface area contributed by atoms with Crippen LogP contribution in [0.1, 0.15) is 31.7 Å². The minimum absolute atomic E-state index is 0.641. The van der Waals surface area contributed by atoms with Gasteiger partial charge < -0.3 is 4.40 Å². The van der Waals surface area contributed by atoms with E-state index < -0.39 is 0 Å². The summed E-state index contributed by atoms with van der Waals surface area (Å²) in [4.78, 5) is 0. The largest absolute Gasteiger partial charge is 0.323 e. The van der Waals surface area contributed by atoms with Crippen molar-refractivity contribution in [2.75, 3.05) is 0 Å². The van der Waals surface area contributed by atoms with Gasteiger partial charge in [0.25, 0.3) is 0 Å². The fourth-order valence-corrected chi connectivity index (χ4v) is 2.45. The minimum atomic E-state index is 0.641. The Bertz CT molecular complexity index is 643. The Morgan fingerprint density at radius 3 is 2.47 bits per heavy atom. The van der Waals surface area contributed by atoms with Crippen LogP contribution in [0, 0.1) is 0 Å². The van der Waals surface area contributed by atoms with Gasteiger partial charge >= 0.3 is 0 Å². The monoisotopic (exact) mass is 249 g/mol. The first-order valence-electron chi connectivity index (χ1n) is 6.95. The maximum atomic E-state index is 2.28. The van der Waals surface area contributed by atoms with Crippen molar-refractivity contribution in [3.8, 4) is 11.1 Å². The Hall–Kier alpha value is -2.02. The van der Waals surface area contributed by atoms with Crippen molar-refractivity contribution >= 4 is 5.52 Å². The Kier molecular flexibility index (Phi) is 3.12. The van der Waals surface area contributed by atoms with E-state index in [2.05, 4.69) is 79.2 Å². The van der Waals surface area contributed by atoms with Gasteiger partial charge in [-0.3, -0.25) is 0 Å². The molecule has 1 aromatic carbocycles. The maximum absolute atomic E-state index is 2.28. The topological polar surface area (TPSA) is 4.41 Å².